The monoisotopic (exact) mass is 369 g/mol. The van der Waals surface area contributed by atoms with Crippen molar-refractivity contribution in [2.45, 2.75) is 20.3 Å². The van der Waals surface area contributed by atoms with Crippen LogP contribution in [0.1, 0.15) is 38.3 Å². The molecule has 6 heteroatoms. The number of carbonyl (C=O) groups is 2. The molecule has 0 radical (unpaired) electrons. The number of hydrogen-bond acceptors (Lipinski definition) is 3. The van der Waals surface area contributed by atoms with Crippen LogP contribution in [0.5, 0.6) is 5.75 Å². The fraction of sp³-hybridized carbons (Fsp3) is 0.429. The maximum atomic E-state index is 13.1. The average molecular weight is 369 g/mol. The summed E-state index contributed by atoms with van der Waals surface area (Å²) in [5, 5.41) is 0. The van der Waals surface area contributed by atoms with E-state index in [4.69, 9.17) is 4.74 Å². The smallest absolute Gasteiger partial charge is 0.255 e. The van der Waals surface area contributed by atoms with E-state index in [-0.39, 0.29) is 11.8 Å². The normalized spacial score (nSPS) is 14.8. The molecule has 1 fully saturated rings. The topological polar surface area (TPSA) is 54.8 Å². The number of methoxy groups -OCH3 is 1. The van der Waals surface area contributed by atoms with E-state index in [1.165, 1.54) is 0 Å². The van der Waals surface area contributed by atoms with Crippen LogP contribution in [-0.2, 0) is 7.05 Å². The van der Waals surface area contributed by atoms with Crippen molar-refractivity contribution in [1.82, 2.24) is 14.4 Å². The largest absolute Gasteiger partial charge is 0.496 e. The molecule has 27 heavy (non-hydrogen) atoms. The van der Waals surface area contributed by atoms with Crippen LogP contribution >= 0.6 is 0 Å². The molecular formula is C21H27N3O3. The van der Waals surface area contributed by atoms with Crippen LogP contribution in [0.25, 0.3) is 0 Å². The Labute approximate surface area is 160 Å². The van der Waals surface area contributed by atoms with Crippen molar-refractivity contribution in [3.8, 4) is 5.75 Å². The van der Waals surface area contributed by atoms with Crippen molar-refractivity contribution < 1.29 is 14.3 Å². The van der Waals surface area contributed by atoms with Gasteiger partial charge in [0.15, 0.2) is 0 Å². The number of benzene rings is 1. The molecule has 3 rings (SSSR count). The summed E-state index contributed by atoms with van der Waals surface area (Å²) in [6.07, 6.45) is 4.48. The molecule has 2 amide bonds. The van der Waals surface area contributed by atoms with Crippen molar-refractivity contribution in [2.75, 3.05) is 33.3 Å². The first kappa shape index (κ1) is 19.0. The molecule has 0 atom stereocenters. The fourth-order valence-corrected chi connectivity index (χ4v) is 3.55. The van der Waals surface area contributed by atoms with Gasteiger partial charge in [0.25, 0.3) is 11.8 Å². The Morgan fingerprint density at radius 2 is 1.63 bits per heavy atom. The number of aryl methyl sites for hydroxylation is 3. The van der Waals surface area contributed by atoms with E-state index in [0.717, 1.165) is 23.3 Å². The van der Waals surface area contributed by atoms with Crippen molar-refractivity contribution in [3.63, 3.8) is 0 Å². The summed E-state index contributed by atoms with van der Waals surface area (Å²) in [5.74, 6) is 0.841. The Morgan fingerprint density at radius 3 is 2.22 bits per heavy atom. The maximum Gasteiger partial charge on any atom is 0.255 e. The van der Waals surface area contributed by atoms with Gasteiger partial charge in [0.2, 0.25) is 0 Å². The summed E-state index contributed by atoms with van der Waals surface area (Å²) in [5.41, 5.74) is 3.25. The number of carbonyl (C=O) groups excluding carboxylic acids is 2. The first-order chi connectivity index (χ1) is 12.9. The summed E-state index contributed by atoms with van der Waals surface area (Å²) in [6, 6.07) is 5.64. The molecule has 1 aromatic heterocycles. The second kappa shape index (κ2) is 7.86. The fourth-order valence-electron chi connectivity index (χ4n) is 3.55. The highest BCUT2D eigenvalue weighted by Crippen LogP contribution is 2.24. The Morgan fingerprint density at radius 1 is 0.963 bits per heavy atom. The summed E-state index contributed by atoms with van der Waals surface area (Å²) in [6.45, 7) is 6.28. The lowest BCUT2D eigenvalue weighted by atomic mass is 10.0. The zero-order valence-electron chi connectivity index (χ0n) is 16.5. The molecule has 0 spiro atoms. The Hall–Kier alpha value is -2.76. The number of ether oxygens (including phenoxy) is 1. The number of nitrogens with zero attached hydrogens (tertiary/aromatic N) is 3. The van der Waals surface area contributed by atoms with Gasteiger partial charge >= 0.3 is 0 Å². The lowest BCUT2D eigenvalue weighted by Gasteiger charge is -2.23. The highest BCUT2D eigenvalue weighted by molar-refractivity contribution is 5.96. The van der Waals surface area contributed by atoms with Crippen LogP contribution in [0.15, 0.2) is 30.6 Å². The molecule has 0 saturated carbocycles. The van der Waals surface area contributed by atoms with Gasteiger partial charge in [-0.05, 0) is 49.6 Å². The zero-order valence-corrected chi connectivity index (χ0v) is 16.5. The van der Waals surface area contributed by atoms with Crippen LogP contribution in [0.4, 0.5) is 0 Å². The van der Waals surface area contributed by atoms with E-state index in [1.54, 1.807) is 7.11 Å². The Kier molecular flexibility index (Phi) is 5.54. The number of hydrogen-bond donors (Lipinski definition) is 0. The van der Waals surface area contributed by atoms with Crippen molar-refractivity contribution in [1.29, 1.82) is 0 Å². The van der Waals surface area contributed by atoms with E-state index >= 15 is 0 Å². The summed E-state index contributed by atoms with van der Waals surface area (Å²) in [4.78, 5) is 29.4. The SMILES string of the molecule is COc1cc(C)c(C(=O)N2CCCN(C(=O)c3ccn(C)c3)CC2)cc1C. The minimum Gasteiger partial charge on any atom is -0.496 e. The highest BCUT2D eigenvalue weighted by Gasteiger charge is 2.25. The van der Waals surface area contributed by atoms with Crippen LogP contribution in [0.2, 0.25) is 0 Å². The summed E-state index contributed by atoms with van der Waals surface area (Å²) in [7, 11) is 3.54. The molecule has 0 aliphatic carbocycles. The van der Waals surface area contributed by atoms with Crippen LogP contribution in [0, 0.1) is 13.8 Å². The van der Waals surface area contributed by atoms with Crippen LogP contribution < -0.4 is 4.74 Å². The van der Waals surface area contributed by atoms with Gasteiger partial charge in [-0.1, -0.05) is 0 Å². The minimum absolute atomic E-state index is 0.0206. The first-order valence-electron chi connectivity index (χ1n) is 9.26. The maximum absolute atomic E-state index is 13.1. The molecule has 0 bridgehead atoms. The van der Waals surface area contributed by atoms with Gasteiger partial charge in [0.1, 0.15) is 5.75 Å². The third kappa shape index (κ3) is 3.99. The van der Waals surface area contributed by atoms with E-state index in [1.807, 2.05) is 65.9 Å². The van der Waals surface area contributed by atoms with E-state index < -0.39 is 0 Å². The molecule has 1 aliphatic rings. The van der Waals surface area contributed by atoms with Gasteiger partial charge in [-0.2, -0.15) is 0 Å². The van der Waals surface area contributed by atoms with Gasteiger partial charge in [0, 0.05) is 51.2 Å². The molecule has 1 saturated heterocycles. The number of aromatic nitrogens is 1. The minimum atomic E-state index is 0.0206. The molecular weight excluding hydrogens is 342 g/mol. The molecule has 1 aromatic carbocycles. The second-order valence-electron chi connectivity index (χ2n) is 7.14. The second-order valence-corrected chi connectivity index (χ2v) is 7.14. The van der Waals surface area contributed by atoms with E-state index in [2.05, 4.69) is 0 Å². The first-order valence-corrected chi connectivity index (χ1v) is 9.26. The molecule has 2 heterocycles. The molecule has 1 aliphatic heterocycles. The van der Waals surface area contributed by atoms with Gasteiger partial charge in [-0.3, -0.25) is 9.59 Å². The molecule has 144 valence electrons. The molecule has 2 aromatic rings. The predicted octanol–water partition coefficient (Wildman–Crippen LogP) is 2.64. The van der Waals surface area contributed by atoms with Gasteiger partial charge in [0.05, 0.1) is 12.7 Å². The van der Waals surface area contributed by atoms with Gasteiger partial charge in [-0.25, -0.2) is 0 Å². The lowest BCUT2D eigenvalue weighted by molar-refractivity contribution is 0.0718. The molecule has 0 unspecified atom stereocenters. The standard InChI is InChI=1S/C21H27N3O3/c1-15-13-19(27-4)16(2)12-18(15)21(26)24-8-5-7-23(10-11-24)20(25)17-6-9-22(3)14-17/h6,9,12-14H,5,7-8,10-11H2,1-4H3. The summed E-state index contributed by atoms with van der Waals surface area (Å²) < 4.78 is 7.21. The van der Waals surface area contributed by atoms with Crippen LogP contribution in [0.3, 0.4) is 0 Å². The third-order valence-electron chi connectivity index (χ3n) is 5.12. The Balaban J connectivity index is 1.71. The zero-order chi connectivity index (χ0) is 19.6. The highest BCUT2D eigenvalue weighted by atomic mass is 16.5. The Bertz CT molecular complexity index is 856. The quantitative estimate of drug-likeness (QED) is 0.836. The van der Waals surface area contributed by atoms with E-state index in [0.29, 0.717) is 37.3 Å². The predicted molar refractivity (Wildman–Crippen MR) is 104 cm³/mol. The van der Waals surface area contributed by atoms with Crippen molar-refractivity contribution in [2.24, 2.45) is 7.05 Å². The molecule has 0 N–H and O–H groups in total. The molecule has 6 nitrogen and oxygen atoms in total. The van der Waals surface area contributed by atoms with Crippen molar-refractivity contribution >= 4 is 11.8 Å². The van der Waals surface area contributed by atoms with Crippen LogP contribution in [-0.4, -0.2) is 59.5 Å². The number of amides is 2. The van der Waals surface area contributed by atoms with Crippen molar-refractivity contribution in [3.05, 3.63) is 52.8 Å². The van der Waals surface area contributed by atoms with Gasteiger partial charge in [-0.15, -0.1) is 0 Å². The third-order valence-corrected chi connectivity index (χ3v) is 5.12. The summed E-state index contributed by atoms with van der Waals surface area (Å²) >= 11 is 0. The van der Waals surface area contributed by atoms with E-state index in [9.17, 15) is 9.59 Å². The lowest BCUT2D eigenvalue weighted by Crippen LogP contribution is -2.37. The average Bonchev–Trinajstić information content (AvgIpc) is 2.94. The number of rotatable bonds is 3. The van der Waals surface area contributed by atoms with Gasteiger partial charge < -0.3 is 19.1 Å².